The third kappa shape index (κ3) is 4.68. The van der Waals surface area contributed by atoms with E-state index >= 15 is 0 Å². The van der Waals surface area contributed by atoms with Crippen molar-refractivity contribution in [1.82, 2.24) is 0 Å². The molecule has 0 saturated heterocycles. The van der Waals surface area contributed by atoms with Crippen molar-refractivity contribution in [2.24, 2.45) is 11.7 Å². The first-order valence-electron chi connectivity index (χ1n) is 7.57. The first-order chi connectivity index (χ1) is 10.6. The number of anilines is 1. The summed E-state index contributed by atoms with van der Waals surface area (Å²) in [5, 5.41) is 2.73. The van der Waals surface area contributed by atoms with Gasteiger partial charge in [-0.25, -0.2) is 4.39 Å². The number of hydrogen-bond acceptors (Lipinski definition) is 4. The van der Waals surface area contributed by atoms with Crippen molar-refractivity contribution < 1.29 is 18.7 Å². The van der Waals surface area contributed by atoms with E-state index in [2.05, 4.69) is 5.32 Å². The Morgan fingerprint density at radius 1 is 1.41 bits per heavy atom. The van der Waals surface area contributed by atoms with Gasteiger partial charge in [0.15, 0.2) is 0 Å². The average Bonchev–Trinajstić information content (AvgIpc) is 2.87. The summed E-state index contributed by atoms with van der Waals surface area (Å²) >= 11 is 0. The zero-order chi connectivity index (χ0) is 15.9. The molecule has 0 spiro atoms. The van der Waals surface area contributed by atoms with Crippen LogP contribution in [0.5, 0.6) is 5.75 Å². The van der Waals surface area contributed by atoms with Crippen LogP contribution < -0.4 is 15.8 Å². The van der Waals surface area contributed by atoms with Gasteiger partial charge in [0.05, 0.1) is 12.3 Å². The molecular formula is C16H23FN2O3. The summed E-state index contributed by atoms with van der Waals surface area (Å²) in [5.74, 6) is 0.0467. The molecule has 1 amide bonds. The Kier molecular flexibility index (Phi) is 6.15. The topological polar surface area (TPSA) is 73.6 Å². The Bertz CT molecular complexity index is 510. The van der Waals surface area contributed by atoms with E-state index in [0.29, 0.717) is 31.1 Å². The molecule has 0 bridgehead atoms. The van der Waals surface area contributed by atoms with E-state index in [0.717, 1.165) is 19.3 Å². The molecule has 22 heavy (non-hydrogen) atoms. The first-order valence-corrected chi connectivity index (χ1v) is 7.57. The van der Waals surface area contributed by atoms with Gasteiger partial charge in [-0.3, -0.25) is 4.79 Å². The van der Waals surface area contributed by atoms with E-state index in [1.807, 2.05) is 0 Å². The number of amides is 1. The maximum absolute atomic E-state index is 13.4. The highest BCUT2D eigenvalue weighted by atomic mass is 19.1. The lowest BCUT2D eigenvalue weighted by Gasteiger charge is -2.16. The van der Waals surface area contributed by atoms with Crippen LogP contribution in [-0.4, -0.2) is 32.3 Å². The molecule has 0 aliphatic heterocycles. The van der Waals surface area contributed by atoms with Crippen LogP contribution in [0.4, 0.5) is 10.1 Å². The lowest BCUT2D eigenvalue weighted by molar-refractivity contribution is -0.117. The number of carbonyl (C=O) groups excluding carboxylic acids is 1. The molecule has 1 fully saturated rings. The van der Waals surface area contributed by atoms with Crippen LogP contribution in [-0.2, 0) is 9.53 Å². The molecule has 2 atom stereocenters. The number of nitrogens with two attached hydrogens (primary N) is 1. The smallest absolute Gasteiger partial charge is 0.224 e. The summed E-state index contributed by atoms with van der Waals surface area (Å²) in [7, 11) is 1.57. The Labute approximate surface area is 130 Å². The summed E-state index contributed by atoms with van der Waals surface area (Å²) in [4.78, 5) is 12.1. The van der Waals surface area contributed by atoms with Gasteiger partial charge in [-0.15, -0.1) is 0 Å². The Morgan fingerprint density at radius 3 is 2.91 bits per heavy atom. The second-order valence-corrected chi connectivity index (χ2v) is 5.59. The maximum atomic E-state index is 13.4. The molecule has 0 heterocycles. The standard InChI is InChI=1S/C16H23FN2O3/c1-21-7-8-22-15-6-5-12(17)10-14(15)19-16(20)9-11-3-2-4-13(11)18/h5-6,10-11,13H,2-4,7-9,18H2,1H3,(H,19,20)/t11-,13+/m0/s1. The molecule has 2 rings (SSSR count). The molecule has 1 saturated carbocycles. The highest BCUT2D eigenvalue weighted by molar-refractivity contribution is 5.92. The number of benzene rings is 1. The summed E-state index contributed by atoms with van der Waals surface area (Å²) in [6, 6.07) is 4.14. The SMILES string of the molecule is COCCOc1ccc(F)cc1NC(=O)C[C@@H]1CCC[C@H]1N. The molecule has 3 N–H and O–H groups in total. The van der Waals surface area contributed by atoms with E-state index in [1.54, 1.807) is 7.11 Å². The van der Waals surface area contributed by atoms with Crippen molar-refractivity contribution in [3.8, 4) is 5.75 Å². The van der Waals surface area contributed by atoms with Gasteiger partial charge in [0, 0.05) is 25.6 Å². The maximum Gasteiger partial charge on any atom is 0.224 e. The molecule has 1 aromatic carbocycles. The Morgan fingerprint density at radius 2 is 2.23 bits per heavy atom. The van der Waals surface area contributed by atoms with Crippen LogP contribution in [0.15, 0.2) is 18.2 Å². The third-order valence-corrected chi connectivity index (χ3v) is 3.93. The van der Waals surface area contributed by atoms with E-state index in [4.69, 9.17) is 15.2 Å². The van der Waals surface area contributed by atoms with Crippen molar-refractivity contribution in [3.63, 3.8) is 0 Å². The number of carbonyl (C=O) groups is 1. The summed E-state index contributed by atoms with van der Waals surface area (Å²) < 4.78 is 23.8. The summed E-state index contributed by atoms with van der Waals surface area (Å²) in [5.41, 5.74) is 6.32. The fourth-order valence-corrected chi connectivity index (χ4v) is 2.72. The summed E-state index contributed by atoms with van der Waals surface area (Å²) in [6.45, 7) is 0.750. The van der Waals surface area contributed by atoms with Gasteiger partial charge in [0.1, 0.15) is 18.2 Å². The number of nitrogens with one attached hydrogen (secondary N) is 1. The van der Waals surface area contributed by atoms with Crippen molar-refractivity contribution in [3.05, 3.63) is 24.0 Å². The number of ether oxygens (including phenoxy) is 2. The number of halogens is 1. The fourth-order valence-electron chi connectivity index (χ4n) is 2.72. The molecular weight excluding hydrogens is 287 g/mol. The van der Waals surface area contributed by atoms with Gasteiger partial charge < -0.3 is 20.5 Å². The van der Waals surface area contributed by atoms with Crippen LogP contribution in [0.3, 0.4) is 0 Å². The minimum absolute atomic E-state index is 0.0793. The Hall–Kier alpha value is -1.66. The minimum Gasteiger partial charge on any atom is -0.489 e. The van der Waals surface area contributed by atoms with Crippen LogP contribution in [0, 0.1) is 11.7 Å². The van der Waals surface area contributed by atoms with Gasteiger partial charge in [0.2, 0.25) is 5.91 Å². The van der Waals surface area contributed by atoms with E-state index in [9.17, 15) is 9.18 Å². The second kappa shape index (κ2) is 8.10. The van der Waals surface area contributed by atoms with Crippen molar-refractivity contribution >= 4 is 11.6 Å². The number of methoxy groups -OCH3 is 1. The van der Waals surface area contributed by atoms with Crippen molar-refractivity contribution in [2.45, 2.75) is 31.7 Å². The molecule has 1 aliphatic carbocycles. The van der Waals surface area contributed by atoms with Gasteiger partial charge in [0.25, 0.3) is 0 Å². The normalized spacial score (nSPS) is 20.9. The largest absolute Gasteiger partial charge is 0.489 e. The molecule has 0 unspecified atom stereocenters. The highest BCUT2D eigenvalue weighted by Crippen LogP contribution is 2.29. The first kappa shape index (κ1) is 16.7. The minimum atomic E-state index is -0.424. The van der Waals surface area contributed by atoms with Gasteiger partial charge >= 0.3 is 0 Å². The molecule has 5 nitrogen and oxygen atoms in total. The van der Waals surface area contributed by atoms with Gasteiger partial charge in [-0.05, 0) is 30.9 Å². The van der Waals surface area contributed by atoms with Crippen LogP contribution in [0.1, 0.15) is 25.7 Å². The van der Waals surface area contributed by atoms with E-state index in [1.165, 1.54) is 18.2 Å². The van der Waals surface area contributed by atoms with E-state index in [-0.39, 0.29) is 17.9 Å². The molecule has 1 aliphatic rings. The van der Waals surface area contributed by atoms with E-state index < -0.39 is 5.82 Å². The quantitative estimate of drug-likeness (QED) is 0.758. The van der Waals surface area contributed by atoms with Crippen LogP contribution >= 0.6 is 0 Å². The molecule has 0 radical (unpaired) electrons. The highest BCUT2D eigenvalue weighted by Gasteiger charge is 2.26. The zero-order valence-electron chi connectivity index (χ0n) is 12.8. The molecule has 1 aromatic rings. The zero-order valence-corrected chi connectivity index (χ0v) is 12.8. The average molecular weight is 310 g/mol. The number of hydrogen-bond donors (Lipinski definition) is 2. The third-order valence-electron chi connectivity index (χ3n) is 3.93. The van der Waals surface area contributed by atoms with Gasteiger partial charge in [-0.2, -0.15) is 0 Å². The van der Waals surface area contributed by atoms with Gasteiger partial charge in [-0.1, -0.05) is 6.42 Å². The van der Waals surface area contributed by atoms with Crippen LogP contribution in [0.25, 0.3) is 0 Å². The summed E-state index contributed by atoms with van der Waals surface area (Å²) in [6.07, 6.45) is 3.35. The van der Waals surface area contributed by atoms with Crippen LogP contribution in [0.2, 0.25) is 0 Å². The monoisotopic (exact) mass is 310 g/mol. The van der Waals surface area contributed by atoms with Crippen molar-refractivity contribution in [1.29, 1.82) is 0 Å². The van der Waals surface area contributed by atoms with Crippen molar-refractivity contribution in [2.75, 3.05) is 25.6 Å². The molecule has 122 valence electrons. The Balaban J connectivity index is 1.97. The number of rotatable bonds is 7. The predicted octanol–water partition coefficient (Wildman–Crippen LogP) is 2.31. The lowest BCUT2D eigenvalue weighted by atomic mass is 10.00. The molecule has 6 heteroatoms. The fraction of sp³-hybridized carbons (Fsp3) is 0.562. The second-order valence-electron chi connectivity index (χ2n) is 5.59. The molecule has 0 aromatic heterocycles. The lowest BCUT2D eigenvalue weighted by Crippen LogP contribution is -2.28. The predicted molar refractivity (Wildman–Crippen MR) is 82.3 cm³/mol.